The van der Waals surface area contributed by atoms with Gasteiger partial charge in [0.1, 0.15) is 22.4 Å². The minimum Gasteiger partial charge on any atom is -0.172 e. The van der Waals surface area contributed by atoms with Crippen LogP contribution in [0.4, 0.5) is 11.4 Å². The summed E-state index contributed by atoms with van der Waals surface area (Å²) < 4.78 is 22.6. The summed E-state index contributed by atoms with van der Waals surface area (Å²) in [6, 6.07) is 101. The van der Waals surface area contributed by atoms with Gasteiger partial charge in [0.15, 0.2) is 0 Å². The Balaban J connectivity index is 0.784. The molecule has 0 unspecified atom stereocenters. The molecule has 0 N–H and O–H groups in total. The standard InChI is InChI=1S/C134H146N4S6/c1-9-17-25-33-41-91-49-65-99(66-50-91)131(100-67-51-92(52-68-100)42-34-26-18-10-2)111-81-83-139-127(111)107-85-115-109(87-113(107)131)129-117(133(115,103-73-57-95(58-74-103)45-37-29-21-13-5)104-75-59-96(60-76-104)46-38-30-22-14-6)89-119(141-129)121-123-125(137-143-135-123)122(126-124(121)136-144-138-126)120-90-118-130(142-120)110-88-114-108(86-116(110)134(118,105-77-61-97(62-78-105)47-39-31-23-15-7)106-79-63-98(64-80-106)48-40-32-24-16-8)128-112(82-84-140-128)132(114,101-69-53-93(54-70-101)43-35-27-19-11-3)102-71-55-94(56-72-102)44-36-28-20-12-4/h49-90H,9-48H2,1-8H3. The molecule has 0 saturated heterocycles. The number of hydrogen-bond acceptors (Lipinski definition) is 9. The maximum Gasteiger partial charge on any atom is 0.116 e. The van der Waals surface area contributed by atoms with Crippen LogP contribution in [0.3, 0.4) is 0 Å². The highest BCUT2D eigenvalue weighted by atomic mass is 32.1. The van der Waals surface area contributed by atoms with Crippen LogP contribution in [0, 0.1) is 0 Å². The molecule has 0 saturated carbocycles. The Hall–Kier alpha value is -10.1. The average Bonchev–Trinajstić information content (AvgIpc) is 1.50. The van der Waals surface area contributed by atoms with Crippen molar-refractivity contribution < 1.29 is 0 Å². The zero-order valence-electron chi connectivity index (χ0n) is 86.8. The Kier molecular flexibility index (Phi) is 31.4. The fourth-order valence-corrected chi connectivity index (χ4v) is 31.4. The van der Waals surface area contributed by atoms with Crippen LogP contribution in [0.15, 0.2) is 262 Å². The predicted molar refractivity (Wildman–Crippen MR) is 623 cm³/mol. The second kappa shape index (κ2) is 45.3. The number of unbranched alkanes of at least 4 members (excludes halogenated alkanes) is 24. The molecule has 5 aromatic heterocycles. The maximum atomic E-state index is 5.66. The van der Waals surface area contributed by atoms with Crippen molar-refractivity contribution >= 4 is 90.8 Å². The van der Waals surface area contributed by atoms with Gasteiger partial charge >= 0.3 is 0 Å². The molecule has 6 heterocycles. The normalized spacial score (nSPS) is 14.2. The van der Waals surface area contributed by atoms with Crippen molar-refractivity contribution in [3.05, 3.63) is 387 Å². The summed E-state index contributed by atoms with van der Waals surface area (Å²) in [4.78, 5) is 7.64. The van der Waals surface area contributed by atoms with Gasteiger partial charge in [-0.3, -0.25) is 0 Å². The van der Waals surface area contributed by atoms with E-state index in [1.165, 1.54) is 404 Å². The topological polar surface area (TPSA) is 50.5 Å². The van der Waals surface area contributed by atoms with Crippen molar-refractivity contribution in [1.82, 2.24) is 8.75 Å². The van der Waals surface area contributed by atoms with E-state index in [1.54, 1.807) is 0 Å². The molecule has 11 aromatic carbocycles. The molecule has 4 nitrogen and oxygen atoms in total. The molecule has 16 aromatic rings. The molecule has 0 atom stereocenters. The molecule has 1 aliphatic heterocycles. The third kappa shape index (κ3) is 18.4. The highest BCUT2D eigenvalue weighted by molar-refractivity contribution is 7.58. The third-order valence-corrected chi connectivity index (χ3v) is 38.7. The van der Waals surface area contributed by atoms with E-state index in [0.29, 0.717) is 0 Å². The van der Waals surface area contributed by atoms with Crippen LogP contribution < -0.4 is 0 Å². The highest BCUT2D eigenvalue weighted by Gasteiger charge is 2.56. The van der Waals surface area contributed by atoms with Crippen LogP contribution in [-0.2, 0) is 84.4 Å². The Morgan fingerprint density at radius 2 is 0.417 bits per heavy atom. The SMILES string of the molecule is CCCCCCc1ccc(C2(c3ccc(CCCCCC)cc3)c3cc4c(cc3-c3sccc32)C(c2ccc(CCCCCC)cc2)(c2ccc(CCCCCC)cc2)c2cc(-c3c5c(c(-c6cc7c(s6)-c6cc8c(cc6C7(c6ccc(CCCCCC)cc6)c6ccc(CCCCCC)cc6)-c6sccc6C8(c6ccc(CCCCCC)cc6)c6ccc(CCCCCC)cc6)c6nsnc36)N=S=N5)sc2-4)cc1. The van der Waals surface area contributed by atoms with E-state index < -0.39 is 21.7 Å². The van der Waals surface area contributed by atoms with Crippen LogP contribution in [0.5, 0.6) is 0 Å². The predicted octanol–water partition coefficient (Wildman–Crippen LogP) is 40.4. The van der Waals surface area contributed by atoms with Crippen LogP contribution in [-0.4, -0.2) is 8.75 Å². The van der Waals surface area contributed by atoms with Crippen molar-refractivity contribution in [2.45, 2.75) is 334 Å². The minimum atomic E-state index is -0.734. The van der Waals surface area contributed by atoms with E-state index in [1.807, 2.05) is 45.3 Å². The molecule has 0 spiro atoms. The summed E-state index contributed by atoms with van der Waals surface area (Å²) in [6.07, 6.45) is 48.2. The fourth-order valence-electron chi connectivity index (χ4n) is 25.7. The first-order valence-electron chi connectivity index (χ1n) is 56.1. The second-order valence-corrected chi connectivity index (χ2v) is 47.6. The molecule has 0 amide bonds. The summed E-state index contributed by atoms with van der Waals surface area (Å²) in [5.41, 5.74) is 40.9. The average molecular weight is 2010 g/mol. The number of benzene rings is 11. The van der Waals surface area contributed by atoms with Gasteiger partial charge in [0, 0.05) is 40.4 Å². The van der Waals surface area contributed by atoms with Crippen LogP contribution in [0.1, 0.15) is 394 Å². The van der Waals surface area contributed by atoms with E-state index >= 15 is 0 Å². The molecule has 5 aliphatic rings. The molecule has 4 aliphatic carbocycles. The van der Waals surface area contributed by atoms with Gasteiger partial charge in [-0.15, -0.1) is 45.3 Å². The van der Waals surface area contributed by atoms with Crippen molar-refractivity contribution in [2.24, 2.45) is 8.73 Å². The number of nitrogens with zero attached hydrogens (tertiary/aromatic N) is 4. The van der Waals surface area contributed by atoms with Gasteiger partial charge in [-0.1, -0.05) is 404 Å². The van der Waals surface area contributed by atoms with E-state index in [-0.39, 0.29) is 0 Å². The molecule has 738 valence electrons. The van der Waals surface area contributed by atoms with Crippen molar-refractivity contribution in [3.63, 3.8) is 0 Å². The number of aromatic nitrogens is 2. The summed E-state index contributed by atoms with van der Waals surface area (Å²) in [5.74, 6) is 0. The lowest BCUT2D eigenvalue weighted by molar-refractivity contribution is 0.666. The molecule has 0 bridgehead atoms. The van der Waals surface area contributed by atoms with Gasteiger partial charge in [-0.2, -0.15) is 17.5 Å². The molecule has 21 rings (SSSR count). The summed E-state index contributed by atoms with van der Waals surface area (Å²) in [6.45, 7) is 18.6. The smallest absolute Gasteiger partial charge is 0.116 e. The lowest BCUT2D eigenvalue weighted by atomic mass is 9.65. The van der Waals surface area contributed by atoms with Crippen LogP contribution >= 0.6 is 57.1 Å². The Labute approximate surface area is 884 Å². The zero-order chi connectivity index (χ0) is 98.1. The van der Waals surface area contributed by atoms with Crippen molar-refractivity contribution in [2.75, 3.05) is 0 Å². The molecular weight excluding hydrogens is 1860 g/mol. The number of fused-ring (bicyclic) bond motifs is 14. The van der Waals surface area contributed by atoms with Gasteiger partial charge in [-0.05, 0) is 318 Å². The Morgan fingerprint density at radius 1 is 0.208 bits per heavy atom. The van der Waals surface area contributed by atoms with Gasteiger partial charge < -0.3 is 0 Å². The number of thiophene rings is 4. The number of aryl methyl sites for hydroxylation is 8. The first-order valence-corrected chi connectivity index (χ1v) is 60.9. The number of rotatable bonds is 50. The lowest BCUT2D eigenvalue weighted by Crippen LogP contribution is -2.30. The van der Waals surface area contributed by atoms with Gasteiger partial charge in [0.2, 0.25) is 0 Å². The third-order valence-electron chi connectivity index (χ3n) is 33.4. The van der Waals surface area contributed by atoms with Gasteiger partial charge in [-0.25, -0.2) is 0 Å². The van der Waals surface area contributed by atoms with Crippen LogP contribution in [0.2, 0.25) is 0 Å². The molecule has 0 radical (unpaired) electrons. The first-order chi connectivity index (χ1) is 71.1. The van der Waals surface area contributed by atoms with E-state index in [0.717, 1.165) is 94.7 Å². The lowest BCUT2D eigenvalue weighted by Gasteiger charge is -2.35. The molecule has 144 heavy (non-hydrogen) atoms. The van der Waals surface area contributed by atoms with E-state index in [2.05, 4.69) is 309 Å². The van der Waals surface area contributed by atoms with Crippen LogP contribution in [0.25, 0.3) is 73.7 Å². The maximum absolute atomic E-state index is 5.66. The summed E-state index contributed by atoms with van der Waals surface area (Å²) in [7, 11) is 0. The first kappa shape index (κ1) is 99.8. The Bertz CT molecular complexity index is 6540. The molecular formula is C134H146N4S6. The van der Waals surface area contributed by atoms with Gasteiger partial charge in [0.05, 0.1) is 44.7 Å². The summed E-state index contributed by atoms with van der Waals surface area (Å²) in [5, 5.41) is 4.79. The minimum absolute atomic E-state index is 0.601. The monoisotopic (exact) mass is 2000 g/mol. The highest BCUT2D eigenvalue weighted by Crippen LogP contribution is 2.70. The number of hydrogen-bond donors (Lipinski definition) is 0. The van der Waals surface area contributed by atoms with E-state index in [9.17, 15) is 0 Å². The van der Waals surface area contributed by atoms with Crippen molar-refractivity contribution in [3.8, 4) is 62.6 Å². The second-order valence-electron chi connectivity index (χ2n) is 42.7. The molecule has 10 heteroatoms. The largest absolute Gasteiger partial charge is 0.172 e. The molecule has 0 fully saturated rings. The zero-order valence-corrected chi connectivity index (χ0v) is 91.7. The van der Waals surface area contributed by atoms with Crippen molar-refractivity contribution in [1.29, 1.82) is 0 Å². The quantitative estimate of drug-likeness (QED) is 0.0357. The van der Waals surface area contributed by atoms with Gasteiger partial charge in [0.25, 0.3) is 0 Å². The van der Waals surface area contributed by atoms with E-state index in [4.69, 9.17) is 17.5 Å². The fraction of sp³-hybridized carbons (Fsp3) is 0.388. The Morgan fingerprint density at radius 3 is 0.632 bits per heavy atom. The summed E-state index contributed by atoms with van der Waals surface area (Å²) >= 11 is 10.4.